The van der Waals surface area contributed by atoms with Crippen molar-refractivity contribution in [1.82, 2.24) is 10.3 Å². The molecule has 0 bridgehead atoms. The Morgan fingerprint density at radius 1 is 1.71 bits per heavy atom. The van der Waals surface area contributed by atoms with Crippen molar-refractivity contribution < 1.29 is 4.79 Å². The second-order valence-corrected chi connectivity index (χ2v) is 3.24. The van der Waals surface area contributed by atoms with Crippen LogP contribution in [0.1, 0.15) is 12.0 Å². The lowest BCUT2D eigenvalue weighted by Crippen LogP contribution is -2.18. The summed E-state index contributed by atoms with van der Waals surface area (Å²) >= 11 is 5.90. The van der Waals surface area contributed by atoms with E-state index in [-0.39, 0.29) is 5.91 Å². The maximum atomic E-state index is 11.0. The molecule has 3 N–H and O–H groups in total. The number of pyridine rings is 1. The van der Waals surface area contributed by atoms with Crippen molar-refractivity contribution in [2.75, 3.05) is 12.8 Å². The Morgan fingerprint density at radius 3 is 3.00 bits per heavy atom. The van der Waals surface area contributed by atoms with Crippen molar-refractivity contribution in [3.63, 3.8) is 0 Å². The first-order valence-corrected chi connectivity index (χ1v) is 4.62. The van der Waals surface area contributed by atoms with Crippen LogP contribution in [-0.2, 0) is 11.2 Å². The lowest BCUT2D eigenvalue weighted by atomic mass is 10.1. The predicted octanol–water partition coefficient (Wildman–Crippen LogP) is 0.996. The molecule has 0 aliphatic carbocycles. The summed E-state index contributed by atoms with van der Waals surface area (Å²) in [6.07, 6.45) is 2.42. The van der Waals surface area contributed by atoms with Crippen LogP contribution in [0.5, 0.6) is 0 Å². The molecule has 1 heterocycles. The number of carbonyl (C=O) groups excluding carboxylic acids is 1. The van der Waals surface area contributed by atoms with Crippen LogP contribution in [-0.4, -0.2) is 17.9 Å². The molecule has 0 radical (unpaired) electrons. The van der Waals surface area contributed by atoms with E-state index in [0.29, 0.717) is 23.7 Å². The standard InChI is InChI=1S/C9H12ClN3O/c1-12-8(14)3-2-6-7(10)4-5-13-9(6)11/h4-5H,2-3H2,1H3,(H2,11,13)(H,12,14). The molecule has 1 rings (SSSR count). The normalized spacial score (nSPS) is 9.86. The number of rotatable bonds is 3. The Hall–Kier alpha value is -1.29. The second-order valence-electron chi connectivity index (χ2n) is 2.83. The van der Waals surface area contributed by atoms with Gasteiger partial charge in [0.25, 0.3) is 0 Å². The average Bonchev–Trinajstić information content (AvgIpc) is 2.16. The van der Waals surface area contributed by atoms with Gasteiger partial charge in [-0.25, -0.2) is 4.98 Å². The highest BCUT2D eigenvalue weighted by Crippen LogP contribution is 2.20. The topological polar surface area (TPSA) is 68.0 Å². The summed E-state index contributed by atoms with van der Waals surface area (Å²) in [6, 6.07) is 1.66. The number of amides is 1. The van der Waals surface area contributed by atoms with Gasteiger partial charge in [0.05, 0.1) is 0 Å². The number of hydrogen-bond donors (Lipinski definition) is 2. The van der Waals surface area contributed by atoms with E-state index >= 15 is 0 Å². The number of carbonyl (C=O) groups is 1. The number of hydrogen-bond acceptors (Lipinski definition) is 3. The quantitative estimate of drug-likeness (QED) is 0.787. The predicted molar refractivity (Wildman–Crippen MR) is 56.0 cm³/mol. The molecular weight excluding hydrogens is 202 g/mol. The molecule has 0 fully saturated rings. The zero-order valence-electron chi connectivity index (χ0n) is 7.88. The molecule has 0 unspecified atom stereocenters. The Bertz CT molecular complexity index is 321. The van der Waals surface area contributed by atoms with E-state index in [4.69, 9.17) is 17.3 Å². The van der Waals surface area contributed by atoms with Crippen molar-refractivity contribution in [1.29, 1.82) is 0 Å². The van der Waals surface area contributed by atoms with Gasteiger partial charge in [0.2, 0.25) is 5.91 Å². The van der Waals surface area contributed by atoms with E-state index in [9.17, 15) is 4.79 Å². The Balaban J connectivity index is 2.71. The molecule has 0 aliphatic heterocycles. The summed E-state index contributed by atoms with van der Waals surface area (Å²) in [5.41, 5.74) is 6.36. The molecule has 14 heavy (non-hydrogen) atoms. The zero-order valence-corrected chi connectivity index (χ0v) is 8.64. The van der Waals surface area contributed by atoms with Gasteiger partial charge in [0, 0.05) is 30.3 Å². The summed E-state index contributed by atoms with van der Waals surface area (Å²) in [7, 11) is 1.59. The number of halogens is 1. The van der Waals surface area contributed by atoms with Gasteiger partial charge in [-0.2, -0.15) is 0 Å². The van der Waals surface area contributed by atoms with Gasteiger partial charge < -0.3 is 11.1 Å². The van der Waals surface area contributed by atoms with Crippen molar-refractivity contribution in [2.45, 2.75) is 12.8 Å². The number of nitrogens with zero attached hydrogens (tertiary/aromatic N) is 1. The fourth-order valence-corrected chi connectivity index (χ4v) is 1.34. The highest BCUT2D eigenvalue weighted by Gasteiger charge is 2.07. The fourth-order valence-electron chi connectivity index (χ4n) is 1.09. The highest BCUT2D eigenvalue weighted by atomic mass is 35.5. The molecule has 0 aromatic carbocycles. The van der Waals surface area contributed by atoms with E-state index < -0.39 is 0 Å². The van der Waals surface area contributed by atoms with Gasteiger partial charge >= 0.3 is 0 Å². The largest absolute Gasteiger partial charge is 0.383 e. The molecule has 1 amide bonds. The van der Waals surface area contributed by atoms with Gasteiger partial charge in [-0.3, -0.25) is 4.79 Å². The third-order valence-electron chi connectivity index (χ3n) is 1.91. The van der Waals surface area contributed by atoms with Gasteiger partial charge in [-0.05, 0) is 12.5 Å². The van der Waals surface area contributed by atoms with E-state index in [1.807, 2.05) is 0 Å². The second kappa shape index (κ2) is 4.81. The number of nitrogens with one attached hydrogen (secondary N) is 1. The summed E-state index contributed by atoms with van der Waals surface area (Å²) in [5, 5.41) is 3.09. The molecule has 0 saturated heterocycles. The first-order chi connectivity index (χ1) is 6.65. The molecule has 0 atom stereocenters. The van der Waals surface area contributed by atoms with Crippen molar-refractivity contribution in [3.8, 4) is 0 Å². The number of nitrogens with two attached hydrogens (primary N) is 1. The van der Waals surface area contributed by atoms with Gasteiger partial charge in [0.1, 0.15) is 5.82 Å². The fraction of sp³-hybridized carbons (Fsp3) is 0.333. The van der Waals surface area contributed by atoms with Crippen LogP contribution in [0.2, 0.25) is 5.02 Å². The molecule has 0 aliphatic rings. The smallest absolute Gasteiger partial charge is 0.220 e. The number of nitrogen functional groups attached to an aromatic ring is 1. The minimum atomic E-state index is -0.0377. The van der Waals surface area contributed by atoms with Gasteiger partial charge in [0.15, 0.2) is 0 Å². The first kappa shape index (κ1) is 10.8. The molecule has 0 spiro atoms. The molecule has 1 aromatic heterocycles. The summed E-state index contributed by atoms with van der Waals surface area (Å²) in [4.78, 5) is 14.9. The maximum Gasteiger partial charge on any atom is 0.220 e. The Kier molecular flexibility index (Phi) is 3.71. The van der Waals surface area contributed by atoms with Crippen LogP contribution in [0.15, 0.2) is 12.3 Å². The summed E-state index contributed by atoms with van der Waals surface area (Å²) in [5.74, 6) is 0.353. The molecular formula is C9H12ClN3O. The zero-order chi connectivity index (χ0) is 10.6. The Labute approximate surface area is 87.5 Å². The molecule has 0 saturated carbocycles. The first-order valence-electron chi connectivity index (χ1n) is 4.24. The third kappa shape index (κ3) is 2.60. The average molecular weight is 214 g/mol. The van der Waals surface area contributed by atoms with Gasteiger partial charge in [-0.15, -0.1) is 0 Å². The minimum absolute atomic E-state index is 0.0377. The van der Waals surface area contributed by atoms with Crippen molar-refractivity contribution in [3.05, 3.63) is 22.8 Å². The van der Waals surface area contributed by atoms with Crippen LogP contribution >= 0.6 is 11.6 Å². The number of anilines is 1. The molecule has 1 aromatic rings. The highest BCUT2D eigenvalue weighted by molar-refractivity contribution is 6.31. The Morgan fingerprint density at radius 2 is 2.43 bits per heavy atom. The van der Waals surface area contributed by atoms with Crippen LogP contribution in [0.3, 0.4) is 0 Å². The van der Waals surface area contributed by atoms with Crippen molar-refractivity contribution in [2.24, 2.45) is 0 Å². The molecule has 4 nitrogen and oxygen atoms in total. The molecule has 5 heteroatoms. The van der Waals surface area contributed by atoms with Crippen LogP contribution < -0.4 is 11.1 Å². The lowest BCUT2D eigenvalue weighted by Gasteiger charge is -2.05. The monoisotopic (exact) mass is 213 g/mol. The minimum Gasteiger partial charge on any atom is -0.383 e. The lowest BCUT2D eigenvalue weighted by molar-refractivity contribution is -0.120. The maximum absolute atomic E-state index is 11.0. The third-order valence-corrected chi connectivity index (χ3v) is 2.27. The van der Waals surface area contributed by atoms with Gasteiger partial charge in [-0.1, -0.05) is 11.6 Å². The van der Waals surface area contributed by atoms with Crippen molar-refractivity contribution >= 4 is 23.3 Å². The summed E-state index contributed by atoms with van der Waals surface area (Å²) < 4.78 is 0. The van der Waals surface area contributed by atoms with E-state index in [1.165, 1.54) is 0 Å². The van der Waals surface area contributed by atoms with Crippen LogP contribution in [0.25, 0.3) is 0 Å². The van der Waals surface area contributed by atoms with E-state index in [1.54, 1.807) is 19.3 Å². The summed E-state index contributed by atoms with van der Waals surface area (Å²) in [6.45, 7) is 0. The number of aromatic nitrogens is 1. The van der Waals surface area contributed by atoms with Crippen LogP contribution in [0, 0.1) is 0 Å². The van der Waals surface area contributed by atoms with E-state index in [0.717, 1.165) is 5.56 Å². The molecule has 76 valence electrons. The van der Waals surface area contributed by atoms with Crippen LogP contribution in [0.4, 0.5) is 5.82 Å². The van der Waals surface area contributed by atoms with E-state index in [2.05, 4.69) is 10.3 Å². The SMILES string of the molecule is CNC(=O)CCc1c(Cl)ccnc1N.